The molecule has 0 N–H and O–H groups in total. The van der Waals surface area contributed by atoms with Gasteiger partial charge in [-0.2, -0.15) is 0 Å². The molecule has 0 spiro atoms. The van der Waals surface area contributed by atoms with Crippen molar-refractivity contribution in [3.05, 3.63) is 193 Å². The van der Waals surface area contributed by atoms with Crippen molar-refractivity contribution in [3.63, 3.8) is 0 Å². The third-order valence-electron chi connectivity index (χ3n) is 13.9. The van der Waals surface area contributed by atoms with Gasteiger partial charge in [0, 0.05) is 28.4 Å². The minimum absolute atomic E-state index is 0.0000448. The van der Waals surface area contributed by atoms with Gasteiger partial charge in [-0.1, -0.05) is 202 Å². The summed E-state index contributed by atoms with van der Waals surface area (Å²) < 4.78 is 2.45. The summed E-state index contributed by atoms with van der Waals surface area (Å²) in [7, 11) is 0. The summed E-state index contributed by atoms with van der Waals surface area (Å²) in [5, 5.41) is 7.81. The Morgan fingerprint density at radius 2 is 0.615 bits per heavy atom. The Bertz CT molecular complexity index is 3390. The SMILES string of the molecule is CCn1c2ccc(-c3ccc(-c4ccc(-c5c6ccc(C(C)(C)C)cc6c(-c6ccc(-c7ccccc7)cc6)c6ccc(C(C)(C)C)cc56)cc4)cc3)cc2c2cc(C(C)(C)C)ccc21. The largest absolute Gasteiger partial charge is 0.341 e. The van der Waals surface area contributed by atoms with Crippen LogP contribution in [-0.2, 0) is 22.8 Å². The third kappa shape index (κ3) is 7.65. The molecule has 0 aliphatic carbocycles. The maximum Gasteiger partial charge on any atom is 0.0491 e. The molecule has 1 nitrogen and oxygen atoms in total. The maximum absolute atomic E-state index is 2.47. The molecule has 0 atom stereocenters. The Kier molecular flexibility index (Phi) is 10.3. The van der Waals surface area contributed by atoms with E-state index in [0.29, 0.717) is 0 Å². The fourth-order valence-corrected chi connectivity index (χ4v) is 10.0. The summed E-state index contributed by atoms with van der Waals surface area (Å²) >= 11 is 0. The molecule has 1 heterocycles. The van der Waals surface area contributed by atoms with E-state index in [0.717, 1.165) is 6.54 Å². The first kappa shape index (κ1) is 42.3. The van der Waals surface area contributed by atoms with E-state index in [2.05, 4.69) is 250 Å². The lowest BCUT2D eigenvalue weighted by atomic mass is 9.79. The van der Waals surface area contributed by atoms with Gasteiger partial charge in [0.15, 0.2) is 0 Å². The van der Waals surface area contributed by atoms with Gasteiger partial charge in [0.05, 0.1) is 0 Å². The van der Waals surface area contributed by atoms with Crippen LogP contribution in [0.15, 0.2) is 176 Å². The molecule has 0 saturated carbocycles. The fraction of sp³-hybridized carbons (Fsp3) is 0.219. The highest BCUT2D eigenvalue weighted by atomic mass is 15.0. The van der Waals surface area contributed by atoms with Gasteiger partial charge in [0.2, 0.25) is 0 Å². The molecule has 0 aliphatic heterocycles. The van der Waals surface area contributed by atoms with Gasteiger partial charge in [0.25, 0.3) is 0 Å². The highest BCUT2D eigenvalue weighted by Gasteiger charge is 2.23. The molecule has 0 bridgehead atoms. The number of hydrogen-bond donors (Lipinski definition) is 0. The Balaban J connectivity index is 1.07. The van der Waals surface area contributed by atoms with E-state index in [9.17, 15) is 0 Å². The van der Waals surface area contributed by atoms with Crippen molar-refractivity contribution in [2.24, 2.45) is 0 Å². The monoisotopic (exact) mass is 843 g/mol. The van der Waals surface area contributed by atoms with Crippen molar-refractivity contribution in [2.45, 2.75) is 92.0 Å². The molecule has 0 radical (unpaired) electrons. The molecule has 9 aromatic carbocycles. The first-order chi connectivity index (χ1) is 31.1. The normalized spacial score (nSPS) is 12.5. The van der Waals surface area contributed by atoms with Gasteiger partial charge in [0.1, 0.15) is 0 Å². The highest BCUT2D eigenvalue weighted by Crippen LogP contribution is 2.47. The Labute approximate surface area is 386 Å². The van der Waals surface area contributed by atoms with Gasteiger partial charge >= 0.3 is 0 Å². The molecule has 10 rings (SSSR count). The number of rotatable bonds is 6. The molecule has 322 valence electrons. The van der Waals surface area contributed by atoms with Crippen LogP contribution in [0.4, 0.5) is 0 Å². The molecular formula is C64H61N. The Morgan fingerprint density at radius 1 is 0.292 bits per heavy atom. The summed E-state index contributed by atoms with van der Waals surface area (Å²) in [5.74, 6) is 0. The molecule has 0 saturated heterocycles. The van der Waals surface area contributed by atoms with Gasteiger partial charge in [-0.05, 0) is 153 Å². The lowest BCUT2D eigenvalue weighted by Crippen LogP contribution is -2.11. The van der Waals surface area contributed by atoms with E-state index in [1.54, 1.807) is 0 Å². The summed E-state index contributed by atoms with van der Waals surface area (Å²) in [6.45, 7) is 24.0. The first-order valence-electron chi connectivity index (χ1n) is 23.5. The molecule has 0 amide bonds. The summed E-state index contributed by atoms with van der Waals surface area (Å²) in [6.07, 6.45) is 0. The zero-order valence-corrected chi connectivity index (χ0v) is 39.9. The number of aryl methyl sites for hydroxylation is 1. The highest BCUT2D eigenvalue weighted by molar-refractivity contribution is 6.22. The van der Waals surface area contributed by atoms with Crippen LogP contribution in [0.1, 0.15) is 85.9 Å². The Hall–Kier alpha value is -6.70. The minimum Gasteiger partial charge on any atom is -0.341 e. The predicted octanol–water partition coefficient (Wildman–Crippen LogP) is 18.3. The van der Waals surface area contributed by atoms with E-state index in [1.807, 2.05) is 0 Å². The summed E-state index contributed by atoms with van der Waals surface area (Å²) in [4.78, 5) is 0. The third-order valence-corrected chi connectivity index (χ3v) is 13.9. The molecule has 10 aromatic rings. The van der Waals surface area contributed by atoms with Crippen LogP contribution < -0.4 is 0 Å². The molecular weight excluding hydrogens is 783 g/mol. The van der Waals surface area contributed by atoms with Crippen LogP contribution in [0, 0.1) is 0 Å². The van der Waals surface area contributed by atoms with E-state index >= 15 is 0 Å². The fourth-order valence-electron chi connectivity index (χ4n) is 10.0. The average Bonchev–Trinajstić information content (AvgIpc) is 3.62. The van der Waals surface area contributed by atoms with Crippen molar-refractivity contribution >= 4 is 43.4 Å². The van der Waals surface area contributed by atoms with E-state index in [4.69, 9.17) is 0 Å². The van der Waals surface area contributed by atoms with Crippen LogP contribution in [0.5, 0.6) is 0 Å². The lowest BCUT2D eigenvalue weighted by molar-refractivity contribution is 0.590. The zero-order chi connectivity index (χ0) is 45.4. The molecule has 1 aromatic heterocycles. The van der Waals surface area contributed by atoms with Gasteiger partial charge < -0.3 is 4.57 Å². The number of aromatic nitrogens is 1. The van der Waals surface area contributed by atoms with Crippen molar-refractivity contribution < 1.29 is 0 Å². The van der Waals surface area contributed by atoms with Crippen molar-refractivity contribution in [3.8, 4) is 55.6 Å². The minimum atomic E-state index is -0.0000448. The van der Waals surface area contributed by atoms with E-state index in [1.165, 1.54) is 116 Å². The number of benzene rings is 9. The number of fused-ring (bicyclic) bond motifs is 5. The zero-order valence-electron chi connectivity index (χ0n) is 39.9. The predicted molar refractivity (Wildman–Crippen MR) is 283 cm³/mol. The second-order valence-corrected chi connectivity index (χ2v) is 21.3. The average molecular weight is 844 g/mol. The van der Waals surface area contributed by atoms with Crippen molar-refractivity contribution in [2.75, 3.05) is 0 Å². The van der Waals surface area contributed by atoms with Crippen LogP contribution in [-0.4, -0.2) is 4.57 Å². The summed E-state index contributed by atoms with van der Waals surface area (Å²) in [6, 6.07) is 66.8. The quantitative estimate of drug-likeness (QED) is 0.147. The number of nitrogens with zero attached hydrogens (tertiary/aromatic N) is 1. The Morgan fingerprint density at radius 3 is 1.03 bits per heavy atom. The molecule has 65 heavy (non-hydrogen) atoms. The van der Waals surface area contributed by atoms with Crippen LogP contribution in [0.3, 0.4) is 0 Å². The van der Waals surface area contributed by atoms with Crippen LogP contribution in [0.25, 0.3) is 99.0 Å². The van der Waals surface area contributed by atoms with Gasteiger partial charge in [-0.15, -0.1) is 0 Å². The van der Waals surface area contributed by atoms with Crippen molar-refractivity contribution in [1.82, 2.24) is 4.57 Å². The second kappa shape index (κ2) is 15.8. The molecule has 0 aliphatic rings. The van der Waals surface area contributed by atoms with Crippen LogP contribution in [0.2, 0.25) is 0 Å². The summed E-state index contributed by atoms with van der Waals surface area (Å²) in [5.41, 5.74) is 19.2. The lowest BCUT2D eigenvalue weighted by Gasteiger charge is -2.25. The van der Waals surface area contributed by atoms with E-state index < -0.39 is 0 Å². The first-order valence-corrected chi connectivity index (χ1v) is 23.5. The van der Waals surface area contributed by atoms with Crippen molar-refractivity contribution in [1.29, 1.82) is 0 Å². The van der Waals surface area contributed by atoms with E-state index in [-0.39, 0.29) is 16.2 Å². The van der Waals surface area contributed by atoms with Gasteiger partial charge in [-0.25, -0.2) is 0 Å². The molecule has 1 heteroatoms. The molecule has 0 fully saturated rings. The molecule has 0 unspecified atom stereocenters. The smallest absolute Gasteiger partial charge is 0.0491 e. The standard InChI is InChI=1S/C64H61N/c1-11-65-58-35-29-48(37-54(58)55-38-51(64(8,9)10)32-36-59(55)65)45-19-17-43(18-20-45)44-23-27-47(28-24-44)61-53-34-31-49(62(2,3)4)39-56(53)60(52-33-30-50(40-57(52)61)63(5,6)7)46-25-21-42(22-26-46)41-15-13-12-14-16-41/h12-40H,11H2,1-10H3. The number of hydrogen-bond acceptors (Lipinski definition) is 0. The topological polar surface area (TPSA) is 4.93 Å². The maximum atomic E-state index is 2.47. The van der Waals surface area contributed by atoms with Crippen LogP contribution >= 0.6 is 0 Å². The van der Waals surface area contributed by atoms with Gasteiger partial charge in [-0.3, -0.25) is 0 Å². The second-order valence-electron chi connectivity index (χ2n) is 21.3.